The summed E-state index contributed by atoms with van der Waals surface area (Å²) in [6.45, 7) is 4.23. The monoisotopic (exact) mass is 391 g/mol. The molecule has 0 aliphatic carbocycles. The van der Waals surface area contributed by atoms with Crippen LogP contribution >= 0.6 is 11.6 Å². The average molecular weight is 392 g/mol. The van der Waals surface area contributed by atoms with E-state index >= 15 is 0 Å². The van der Waals surface area contributed by atoms with Crippen LogP contribution in [0.3, 0.4) is 0 Å². The fourth-order valence-corrected chi connectivity index (χ4v) is 2.51. The minimum absolute atomic E-state index is 0.311. The largest absolute Gasteiger partial charge is 0.496 e. The molecule has 144 valence electrons. The van der Waals surface area contributed by atoms with Crippen LogP contribution in [0, 0.1) is 0 Å². The summed E-state index contributed by atoms with van der Waals surface area (Å²) in [5, 5.41) is 3.15. The molecule has 0 saturated carbocycles. The number of rotatable bonds is 8. The maximum Gasteiger partial charge on any atom is 0.338 e. The number of hydrogen-bond donors (Lipinski definition) is 1. The lowest BCUT2D eigenvalue weighted by atomic mass is 10.1. The van der Waals surface area contributed by atoms with Crippen molar-refractivity contribution in [3.63, 3.8) is 0 Å². The highest BCUT2D eigenvalue weighted by atomic mass is 35.5. The van der Waals surface area contributed by atoms with E-state index in [1.807, 2.05) is 6.92 Å². The zero-order valence-corrected chi connectivity index (χ0v) is 16.2. The molecule has 0 aliphatic heterocycles. The van der Waals surface area contributed by atoms with Gasteiger partial charge in [0.15, 0.2) is 6.10 Å². The fraction of sp³-hybridized carbons (Fsp3) is 0.300. The highest BCUT2D eigenvalue weighted by Crippen LogP contribution is 2.22. The van der Waals surface area contributed by atoms with Crippen LogP contribution in [0.4, 0.5) is 5.69 Å². The molecule has 1 amide bonds. The summed E-state index contributed by atoms with van der Waals surface area (Å²) in [5.74, 6) is -0.440. The molecule has 0 fully saturated rings. The van der Waals surface area contributed by atoms with Gasteiger partial charge in [-0.2, -0.15) is 0 Å². The van der Waals surface area contributed by atoms with E-state index < -0.39 is 18.0 Å². The second-order valence-electron chi connectivity index (χ2n) is 5.71. The molecule has 2 rings (SSSR count). The van der Waals surface area contributed by atoms with Crippen LogP contribution < -0.4 is 10.1 Å². The molecule has 0 radical (unpaired) electrons. The van der Waals surface area contributed by atoms with Gasteiger partial charge in [0, 0.05) is 22.9 Å². The molecule has 0 spiro atoms. The molecule has 6 nitrogen and oxygen atoms in total. The molecular formula is C20H22ClNO5. The molecular weight excluding hydrogens is 370 g/mol. The summed E-state index contributed by atoms with van der Waals surface area (Å²) in [7, 11) is 1.55. The van der Waals surface area contributed by atoms with Crippen molar-refractivity contribution in [1.82, 2.24) is 0 Å². The second-order valence-corrected chi connectivity index (χ2v) is 6.15. The number of carbonyl (C=O) groups excluding carboxylic acids is 2. The third kappa shape index (κ3) is 5.98. The number of amides is 1. The van der Waals surface area contributed by atoms with Crippen molar-refractivity contribution in [2.45, 2.75) is 26.6 Å². The minimum Gasteiger partial charge on any atom is -0.496 e. The highest BCUT2D eigenvalue weighted by molar-refractivity contribution is 6.30. The smallest absolute Gasteiger partial charge is 0.338 e. The van der Waals surface area contributed by atoms with E-state index in [4.69, 9.17) is 25.8 Å². The van der Waals surface area contributed by atoms with Crippen LogP contribution in [-0.4, -0.2) is 31.7 Å². The van der Waals surface area contributed by atoms with Gasteiger partial charge in [0.1, 0.15) is 5.75 Å². The molecule has 0 heterocycles. The van der Waals surface area contributed by atoms with Crippen LogP contribution in [0.5, 0.6) is 5.75 Å². The van der Waals surface area contributed by atoms with Gasteiger partial charge in [-0.05, 0) is 50.2 Å². The van der Waals surface area contributed by atoms with Crippen molar-refractivity contribution in [2.75, 3.05) is 19.0 Å². The summed E-state index contributed by atoms with van der Waals surface area (Å²) in [6.07, 6.45) is -0.978. The lowest BCUT2D eigenvalue weighted by Crippen LogP contribution is -2.30. The van der Waals surface area contributed by atoms with Gasteiger partial charge in [-0.1, -0.05) is 17.7 Å². The third-order valence-corrected chi connectivity index (χ3v) is 3.96. The Morgan fingerprint density at radius 1 is 1.19 bits per heavy atom. The molecule has 0 bridgehead atoms. The predicted octanol–water partition coefficient (Wildman–Crippen LogP) is 4.07. The van der Waals surface area contributed by atoms with E-state index in [-0.39, 0.29) is 0 Å². The first kappa shape index (κ1) is 20.7. The fourth-order valence-electron chi connectivity index (χ4n) is 2.32. The maximum absolute atomic E-state index is 12.4. The van der Waals surface area contributed by atoms with E-state index in [9.17, 15) is 9.59 Å². The van der Waals surface area contributed by atoms with Gasteiger partial charge < -0.3 is 19.5 Å². The van der Waals surface area contributed by atoms with Crippen LogP contribution in [0.15, 0.2) is 42.5 Å². The Hall–Kier alpha value is -2.57. The van der Waals surface area contributed by atoms with Gasteiger partial charge in [-0.15, -0.1) is 0 Å². The van der Waals surface area contributed by atoms with Crippen molar-refractivity contribution < 1.29 is 23.8 Å². The van der Waals surface area contributed by atoms with E-state index in [1.165, 1.54) is 6.92 Å². The second kappa shape index (κ2) is 9.94. The van der Waals surface area contributed by atoms with E-state index in [2.05, 4.69) is 5.32 Å². The van der Waals surface area contributed by atoms with E-state index in [0.717, 1.165) is 5.56 Å². The quantitative estimate of drug-likeness (QED) is 0.686. The van der Waals surface area contributed by atoms with Gasteiger partial charge >= 0.3 is 5.97 Å². The van der Waals surface area contributed by atoms with Crippen molar-refractivity contribution in [3.8, 4) is 5.75 Å². The molecule has 1 atom stereocenters. The summed E-state index contributed by atoms with van der Waals surface area (Å²) >= 11 is 5.89. The van der Waals surface area contributed by atoms with Crippen molar-refractivity contribution in [2.24, 2.45) is 0 Å². The standard InChI is InChI=1S/C20H22ClNO5/c1-4-26-12-15-10-14(8-9-18(15)25-3)20(24)27-13(2)19(23)22-17-7-5-6-16(21)11-17/h5-11,13H,4,12H2,1-3H3,(H,22,23). The first-order valence-corrected chi connectivity index (χ1v) is 8.84. The molecule has 2 aromatic rings. The third-order valence-electron chi connectivity index (χ3n) is 3.72. The SMILES string of the molecule is CCOCc1cc(C(=O)OC(C)C(=O)Nc2cccc(Cl)c2)ccc1OC. The summed E-state index contributed by atoms with van der Waals surface area (Å²) in [5.41, 5.74) is 1.57. The number of anilines is 1. The zero-order valence-electron chi connectivity index (χ0n) is 15.5. The topological polar surface area (TPSA) is 73.9 Å². The summed E-state index contributed by atoms with van der Waals surface area (Å²) in [4.78, 5) is 24.6. The first-order valence-electron chi connectivity index (χ1n) is 8.46. The Kier molecular flexibility index (Phi) is 7.64. The number of benzene rings is 2. The number of carbonyl (C=O) groups is 2. The number of nitrogens with one attached hydrogen (secondary N) is 1. The summed E-state index contributed by atoms with van der Waals surface area (Å²) < 4.78 is 15.9. The Bertz CT molecular complexity index is 809. The predicted molar refractivity (Wildman–Crippen MR) is 103 cm³/mol. The number of esters is 1. The normalized spacial score (nSPS) is 11.6. The van der Waals surface area contributed by atoms with Gasteiger partial charge in [0.05, 0.1) is 19.3 Å². The van der Waals surface area contributed by atoms with Crippen LogP contribution in [0.1, 0.15) is 29.8 Å². The number of hydrogen-bond acceptors (Lipinski definition) is 5. The number of methoxy groups -OCH3 is 1. The minimum atomic E-state index is -0.978. The first-order chi connectivity index (χ1) is 12.9. The Labute approximate surface area is 163 Å². The van der Waals surface area contributed by atoms with E-state index in [1.54, 1.807) is 49.6 Å². The molecule has 0 aliphatic rings. The average Bonchev–Trinajstić information content (AvgIpc) is 2.65. The summed E-state index contributed by atoms with van der Waals surface area (Å²) in [6, 6.07) is 11.6. The van der Waals surface area contributed by atoms with Crippen LogP contribution in [0.25, 0.3) is 0 Å². The lowest BCUT2D eigenvalue weighted by molar-refractivity contribution is -0.123. The van der Waals surface area contributed by atoms with Crippen LogP contribution in [-0.2, 0) is 20.9 Å². The van der Waals surface area contributed by atoms with Gasteiger partial charge in [-0.25, -0.2) is 4.79 Å². The van der Waals surface area contributed by atoms with Crippen molar-refractivity contribution in [3.05, 3.63) is 58.6 Å². The Morgan fingerprint density at radius 3 is 2.63 bits per heavy atom. The molecule has 27 heavy (non-hydrogen) atoms. The molecule has 0 aromatic heterocycles. The Morgan fingerprint density at radius 2 is 1.96 bits per heavy atom. The van der Waals surface area contributed by atoms with Crippen molar-refractivity contribution >= 4 is 29.2 Å². The molecule has 0 saturated heterocycles. The highest BCUT2D eigenvalue weighted by Gasteiger charge is 2.20. The molecule has 1 N–H and O–H groups in total. The van der Waals surface area contributed by atoms with Crippen molar-refractivity contribution in [1.29, 1.82) is 0 Å². The number of halogens is 1. The zero-order chi connectivity index (χ0) is 19.8. The van der Waals surface area contributed by atoms with Gasteiger partial charge in [-0.3, -0.25) is 4.79 Å². The van der Waals surface area contributed by atoms with Crippen LogP contribution in [0.2, 0.25) is 5.02 Å². The van der Waals surface area contributed by atoms with Gasteiger partial charge in [0.2, 0.25) is 0 Å². The van der Waals surface area contributed by atoms with Gasteiger partial charge in [0.25, 0.3) is 5.91 Å². The lowest BCUT2D eigenvalue weighted by Gasteiger charge is -2.15. The van der Waals surface area contributed by atoms with E-state index in [0.29, 0.717) is 35.2 Å². The molecule has 7 heteroatoms. The molecule has 1 unspecified atom stereocenters. The maximum atomic E-state index is 12.4. The Balaban J connectivity index is 2.03. The molecule has 2 aromatic carbocycles. The number of ether oxygens (including phenoxy) is 3.